The summed E-state index contributed by atoms with van der Waals surface area (Å²) in [6.45, 7) is 4.59. The van der Waals surface area contributed by atoms with E-state index in [1.807, 2.05) is 6.07 Å². The third kappa shape index (κ3) is 3.15. The van der Waals surface area contributed by atoms with Crippen molar-refractivity contribution in [1.82, 2.24) is 19.9 Å². The van der Waals surface area contributed by atoms with Crippen molar-refractivity contribution in [3.63, 3.8) is 0 Å². The predicted octanol–water partition coefficient (Wildman–Crippen LogP) is 2.39. The molecular weight excluding hydrogens is 354 g/mol. The summed E-state index contributed by atoms with van der Waals surface area (Å²) >= 11 is 6.24. The van der Waals surface area contributed by atoms with Gasteiger partial charge >= 0.3 is 0 Å². The lowest BCUT2D eigenvalue weighted by molar-refractivity contribution is -0.143. The number of anilines is 1. The van der Waals surface area contributed by atoms with Gasteiger partial charge in [0.25, 0.3) is 0 Å². The molecule has 1 atom stereocenters. The Hall–Kier alpha value is -2.51. The number of nitrogen functional groups attached to an aromatic ring is 1. The van der Waals surface area contributed by atoms with E-state index in [0.29, 0.717) is 35.5 Å². The first-order valence-corrected chi connectivity index (χ1v) is 8.70. The summed E-state index contributed by atoms with van der Waals surface area (Å²) in [6, 6.07) is 4.98. The van der Waals surface area contributed by atoms with E-state index in [1.165, 1.54) is 12.4 Å². The van der Waals surface area contributed by atoms with Crippen molar-refractivity contribution < 1.29 is 9.53 Å². The van der Waals surface area contributed by atoms with Gasteiger partial charge in [0.2, 0.25) is 5.91 Å². The Morgan fingerprint density at radius 1 is 1.35 bits per heavy atom. The number of morpholine rings is 1. The fraction of sp³-hybridized carbons (Fsp3) is 0.333. The zero-order chi connectivity index (χ0) is 18.3. The maximum Gasteiger partial charge on any atom is 0.246 e. The van der Waals surface area contributed by atoms with E-state index in [-0.39, 0.29) is 17.6 Å². The number of carbonyl (C=O) groups is 1. The fourth-order valence-corrected chi connectivity index (χ4v) is 3.45. The van der Waals surface area contributed by atoms with Crippen molar-refractivity contribution in [2.75, 3.05) is 18.9 Å². The quantitative estimate of drug-likeness (QED) is 0.657. The van der Waals surface area contributed by atoms with Crippen LogP contribution in [0.1, 0.15) is 24.4 Å². The highest BCUT2D eigenvalue weighted by atomic mass is 35.5. The Kier molecular flexibility index (Phi) is 4.13. The number of nitrogens with zero attached hydrogens (tertiary/aromatic N) is 4. The number of hydrogen-bond donors (Lipinski definition) is 1. The minimum absolute atomic E-state index is 0.120. The molecule has 8 heteroatoms. The largest absolute Gasteiger partial charge is 0.384 e. The molecule has 1 amide bonds. The molecule has 134 valence electrons. The summed E-state index contributed by atoms with van der Waals surface area (Å²) in [5.74, 6) is 0.226. The monoisotopic (exact) mass is 371 g/mol. The maximum atomic E-state index is 12.4. The molecule has 0 aromatic carbocycles. The van der Waals surface area contributed by atoms with E-state index >= 15 is 0 Å². The zero-order valence-electron chi connectivity index (χ0n) is 14.1. The van der Waals surface area contributed by atoms with Crippen LogP contribution in [0.15, 0.2) is 37.2 Å². The van der Waals surface area contributed by atoms with Gasteiger partial charge in [-0.3, -0.25) is 4.79 Å². The third-order valence-electron chi connectivity index (χ3n) is 4.80. The second-order valence-corrected chi connectivity index (χ2v) is 7.00. The van der Waals surface area contributed by atoms with Crippen LogP contribution in [-0.2, 0) is 9.53 Å². The van der Waals surface area contributed by atoms with Gasteiger partial charge in [-0.1, -0.05) is 18.2 Å². The number of hydrogen-bond acceptors (Lipinski definition) is 6. The molecule has 1 unspecified atom stereocenters. The van der Waals surface area contributed by atoms with Crippen LogP contribution in [0.3, 0.4) is 0 Å². The molecule has 26 heavy (non-hydrogen) atoms. The van der Waals surface area contributed by atoms with Crippen molar-refractivity contribution in [1.29, 1.82) is 0 Å². The molecule has 2 aromatic rings. The van der Waals surface area contributed by atoms with Gasteiger partial charge in [-0.15, -0.1) is 0 Å². The SMILES string of the molecule is C=CC(=O)N1CC2(CC2)OCC1c1cc(Cl)nc(-c2cc(N)ncn2)c1. The first-order chi connectivity index (χ1) is 12.5. The van der Waals surface area contributed by atoms with Gasteiger partial charge in [0, 0.05) is 6.07 Å². The number of ether oxygens (including phenoxy) is 1. The lowest BCUT2D eigenvalue weighted by Crippen LogP contribution is -2.48. The van der Waals surface area contributed by atoms with E-state index in [9.17, 15) is 4.79 Å². The molecule has 4 rings (SSSR count). The van der Waals surface area contributed by atoms with E-state index in [1.54, 1.807) is 17.0 Å². The van der Waals surface area contributed by atoms with E-state index in [0.717, 1.165) is 18.4 Å². The minimum atomic E-state index is -0.259. The molecule has 1 saturated heterocycles. The third-order valence-corrected chi connectivity index (χ3v) is 4.99. The molecule has 2 aromatic heterocycles. The molecular formula is C18H18ClN5O2. The molecule has 1 spiro atoms. The molecule has 2 fully saturated rings. The van der Waals surface area contributed by atoms with Crippen molar-refractivity contribution in [2.45, 2.75) is 24.5 Å². The molecule has 7 nitrogen and oxygen atoms in total. The Bertz CT molecular complexity index is 884. The second kappa shape index (κ2) is 6.34. The molecule has 3 heterocycles. The normalized spacial score (nSPS) is 20.8. The van der Waals surface area contributed by atoms with Crippen molar-refractivity contribution in [3.8, 4) is 11.4 Å². The lowest BCUT2D eigenvalue weighted by atomic mass is 10.0. The predicted molar refractivity (Wildman–Crippen MR) is 97.3 cm³/mol. The highest BCUT2D eigenvalue weighted by Crippen LogP contribution is 2.46. The van der Waals surface area contributed by atoms with Crippen molar-refractivity contribution >= 4 is 23.3 Å². The van der Waals surface area contributed by atoms with E-state index in [4.69, 9.17) is 22.1 Å². The van der Waals surface area contributed by atoms with Gasteiger partial charge in [-0.25, -0.2) is 15.0 Å². The first kappa shape index (κ1) is 16.9. The number of halogens is 1. The van der Waals surface area contributed by atoms with Crippen LogP contribution in [0.4, 0.5) is 5.82 Å². The average molecular weight is 372 g/mol. The number of nitrogens with two attached hydrogens (primary N) is 1. The minimum Gasteiger partial charge on any atom is -0.384 e. The summed E-state index contributed by atoms with van der Waals surface area (Å²) in [5, 5.41) is 0.312. The van der Waals surface area contributed by atoms with Gasteiger partial charge in [-0.2, -0.15) is 0 Å². The van der Waals surface area contributed by atoms with Gasteiger partial charge in [0.15, 0.2) is 0 Å². The van der Waals surface area contributed by atoms with Crippen LogP contribution in [-0.4, -0.2) is 44.5 Å². The topological polar surface area (TPSA) is 94.2 Å². The fourth-order valence-electron chi connectivity index (χ4n) is 3.23. The lowest BCUT2D eigenvalue weighted by Gasteiger charge is -2.40. The second-order valence-electron chi connectivity index (χ2n) is 6.62. The number of rotatable bonds is 3. The molecule has 0 radical (unpaired) electrons. The molecule has 1 saturated carbocycles. The number of carbonyl (C=O) groups excluding carboxylic acids is 1. The Morgan fingerprint density at radius 3 is 2.85 bits per heavy atom. The Balaban J connectivity index is 1.72. The van der Waals surface area contributed by atoms with Crippen LogP contribution in [0.5, 0.6) is 0 Å². The van der Waals surface area contributed by atoms with Gasteiger partial charge in [-0.05, 0) is 36.6 Å². The van der Waals surface area contributed by atoms with Crippen LogP contribution in [0.2, 0.25) is 5.15 Å². The highest BCUT2D eigenvalue weighted by Gasteiger charge is 2.51. The number of aromatic nitrogens is 3. The average Bonchev–Trinajstić information content (AvgIpc) is 3.39. The van der Waals surface area contributed by atoms with Crippen LogP contribution < -0.4 is 5.73 Å². The molecule has 2 N–H and O–H groups in total. The van der Waals surface area contributed by atoms with Gasteiger partial charge in [0.05, 0.1) is 36.2 Å². The van der Waals surface area contributed by atoms with Crippen molar-refractivity contribution in [3.05, 3.63) is 47.9 Å². The zero-order valence-corrected chi connectivity index (χ0v) is 14.8. The summed E-state index contributed by atoms with van der Waals surface area (Å²) < 4.78 is 6.04. The molecule has 1 aliphatic heterocycles. The Morgan fingerprint density at radius 2 is 2.15 bits per heavy atom. The highest BCUT2D eigenvalue weighted by molar-refractivity contribution is 6.29. The van der Waals surface area contributed by atoms with Crippen LogP contribution >= 0.6 is 11.6 Å². The standard InChI is InChI=1S/C18H18ClN5O2/c1-2-17(25)24-9-18(3-4-18)26-8-14(24)11-5-13(23-15(19)6-11)12-7-16(20)22-10-21-12/h2,5-7,10,14H,1,3-4,8-9H2,(H2,20,21,22). The van der Waals surface area contributed by atoms with E-state index < -0.39 is 0 Å². The summed E-state index contributed by atoms with van der Waals surface area (Å²) in [4.78, 5) is 26.6. The first-order valence-electron chi connectivity index (χ1n) is 8.32. The molecule has 2 aliphatic rings. The molecule has 0 bridgehead atoms. The number of amides is 1. The van der Waals surface area contributed by atoms with Crippen LogP contribution in [0.25, 0.3) is 11.4 Å². The Labute approximate surface area is 155 Å². The van der Waals surface area contributed by atoms with Crippen LogP contribution in [0, 0.1) is 0 Å². The maximum absolute atomic E-state index is 12.4. The molecule has 1 aliphatic carbocycles. The van der Waals surface area contributed by atoms with Gasteiger partial charge < -0.3 is 15.4 Å². The summed E-state index contributed by atoms with van der Waals surface area (Å²) in [6.07, 6.45) is 4.66. The van der Waals surface area contributed by atoms with E-state index in [2.05, 4.69) is 21.5 Å². The summed E-state index contributed by atoms with van der Waals surface area (Å²) in [7, 11) is 0. The smallest absolute Gasteiger partial charge is 0.246 e. The van der Waals surface area contributed by atoms with Gasteiger partial charge in [0.1, 0.15) is 17.3 Å². The van der Waals surface area contributed by atoms with Crippen molar-refractivity contribution in [2.24, 2.45) is 0 Å². The summed E-state index contributed by atoms with van der Waals surface area (Å²) in [5.41, 5.74) is 7.52. The number of pyridine rings is 1.